The maximum absolute atomic E-state index is 6.76. The van der Waals surface area contributed by atoms with Crippen LogP contribution < -0.4 is 0 Å². The average Bonchev–Trinajstić information content (AvgIpc) is 4.05. The molecule has 0 atom stereocenters. The molecule has 7 heteroatoms. The number of hydrogen-bond donors (Lipinski definition) is 0. The Balaban J connectivity index is 0.981. The topological polar surface area (TPSA) is 91.2 Å². The van der Waals surface area contributed by atoms with Gasteiger partial charge in [0.2, 0.25) is 0 Å². The van der Waals surface area contributed by atoms with E-state index in [2.05, 4.69) is 72.8 Å². The van der Waals surface area contributed by atoms with Crippen LogP contribution in [0.15, 0.2) is 181 Å². The van der Waals surface area contributed by atoms with E-state index in [9.17, 15) is 0 Å². The lowest BCUT2D eigenvalue weighted by atomic mass is 10.0. The van der Waals surface area contributed by atoms with Gasteiger partial charge in [-0.15, -0.1) is 0 Å². The third-order valence-electron chi connectivity index (χ3n) is 11.4. The maximum Gasteiger partial charge on any atom is 0.167 e. The first-order valence-electron chi connectivity index (χ1n) is 19.2. The zero-order valence-electron chi connectivity index (χ0n) is 30.6. The fourth-order valence-corrected chi connectivity index (χ4v) is 8.54. The normalized spacial score (nSPS) is 12.1. The molecule has 0 aliphatic carbocycles. The lowest BCUT2D eigenvalue weighted by Gasteiger charge is -2.09. The van der Waals surface area contributed by atoms with Crippen molar-refractivity contribution in [1.29, 1.82) is 0 Å². The minimum atomic E-state index is 0.495. The first-order chi connectivity index (χ1) is 28.7. The fraction of sp³-hybridized carbons (Fsp3) is 0. The van der Waals surface area contributed by atoms with Gasteiger partial charge in [-0.25, -0.2) is 15.0 Å². The quantitative estimate of drug-likeness (QED) is 0.177. The summed E-state index contributed by atoms with van der Waals surface area (Å²) in [7, 11) is 0. The highest BCUT2D eigenvalue weighted by molar-refractivity contribution is 6.11. The van der Waals surface area contributed by atoms with Crippen LogP contribution in [-0.2, 0) is 0 Å². The summed E-state index contributed by atoms with van der Waals surface area (Å²) in [6.45, 7) is 0. The van der Waals surface area contributed by atoms with Crippen molar-refractivity contribution < 1.29 is 17.7 Å². The molecule has 0 N–H and O–H groups in total. The number of aromatic nitrogens is 3. The molecule has 8 aromatic carbocycles. The smallest absolute Gasteiger partial charge is 0.167 e. The molecule has 0 saturated carbocycles. The first-order valence-corrected chi connectivity index (χ1v) is 19.2. The third-order valence-corrected chi connectivity index (χ3v) is 11.4. The number of nitrogens with zero attached hydrogens (tertiary/aromatic N) is 3. The van der Waals surface area contributed by atoms with Gasteiger partial charge in [0.1, 0.15) is 44.7 Å². The van der Waals surface area contributed by atoms with Crippen molar-refractivity contribution in [3.63, 3.8) is 0 Å². The summed E-state index contributed by atoms with van der Waals surface area (Å²) in [5, 5.41) is 8.39. The van der Waals surface area contributed by atoms with Crippen LogP contribution in [-0.4, -0.2) is 15.0 Å². The molecule has 0 aliphatic heterocycles. The van der Waals surface area contributed by atoms with Crippen molar-refractivity contribution in [3.8, 4) is 45.3 Å². The highest BCUT2D eigenvalue weighted by atomic mass is 16.3. The molecular weight excluding hydrogens is 719 g/mol. The van der Waals surface area contributed by atoms with Crippen LogP contribution in [0.4, 0.5) is 0 Å². The molecule has 7 nitrogen and oxygen atoms in total. The molecule has 0 saturated heterocycles. The van der Waals surface area contributed by atoms with E-state index in [0.29, 0.717) is 23.1 Å². The Morgan fingerprint density at radius 2 is 0.621 bits per heavy atom. The van der Waals surface area contributed by atoms with E-state index in [0.717, 1.165) is 110 Å². The van der Waals surface area contributed by atoms with Gasteiger partial charge in [-0.05, 0) is 83.9 Å². The standard InChI is InChI=1S/C51H27N3O4/c1-4-13-41-32(8-1)35-20-16-28(24-44(35)55-41)29-17-21-38-39-11-7-12-40(48(39)58-47(38)25-29)51-53-49(30-18-22-36-33-9-2-5-14-42(33)56-45(36)26-30)52-50(54-51)31-19-23-37-34-10-3-6-15-43(34)57-46(37)27-31/h1-27H. The molecule has 0 amide bonds. The van der Waals surface area contributed by atoms with Crippen LogP contribution in [0.3, 0.4) is 0 Å². The van der Waals surface area contributed by atoms with Crippen LogP contribution in [0.2, 0.25) is 0 Å². The van der Waals surface area contributed by atoms with Gasteiger partial charge in [-0.3, -0.25) is 0 Å². The van der Waals surface area contributed by atoms with E-state index in [4.69, 9.17) is 32.6 Å². The number of fused-ring (bicyclic) bond motifs is 12. The second-order valence-corrected chi connectivity index (χ2v) is 14.7. The van der Waals surface area contributed by atoms with Gasteiger partial charge in [-0.1, -0.05) is 91.0 Å². The summed E-state index contributed by atoms with van der Waals surface area (Å²) < 4.78 is 25.5. The highest BCUT2D eigenvalue weighted by Crippen LogP contribution is 2.40. The molecule has 270 valence electrons. The predicted molar refractivity (Wildman–Crippen MR) is 231 cm³/mol. The Bertz CT molecular complexity index is 3700. The summed E-state index contributed by atoms with van der Waals surface area (Å²) >= 11 is 0. The molecule has 0 aliphatic rings. The summed E-state index contributed by atoms with van der Waals surface area (Å²) in [6.07, 6.45) is 0. The van der Waals surface area contributed by atoms with Gasteiger partial charge in [0.15, 0.2) is 17.5 Å². The summed E-state index contributed by atoms with van der Waals surface area (Å²) in [5.74, 6) is 1.53. The van der Waals surface area contributed by atoms with E-state index >= 15 is 0 Å². The summed E-state index contributed by atoms with van der Waals surface area (Å²) in [5.41, 5.74) is 10.9. The molecule has 5 heterocycles. The lowest BCUT2D eigenvalue weighted by molar-refractivity contribution is 0.668. The summed E-state index contributed by atoms with van der Waals surface area (Å²) in [4.78, 5) is 15.3. The van der Waals surface area contributed by atoms with E-state index in [-0.39, 0.29) is 0 Å². The van der Waals surface area contributed by atoms with Crippen molar-refractivity contribution in [1.82, 2.24) is 15.0 Å². The average molecular weight is 746 g/mol. The molecule has 0 bridgehead atoms. The van der Waals surface area contributed by atoms with E-state index in [1.165, 1.54) is 0 Å². The van der Waals surface area contributed by atoms with Crippen LogP contribution >= 0.6 is 0 Å². The summed E-state index contributed by atoms with van der Waals surface area (Å²) in [6, 6.07) is 55.3. The van der Waals surface area contributed by atoms with Crippen LogP contribution in [0.5, 0.6) is 0 Å². The van der Waals surface area contributed by atoms with E-state index in [1.54, 1.807) is 0 Å². The second-order valence-electron chi connectivity index (χ2n) is 14.7. The second kappa shape index (κ2) is 11.7. The van der Waals surface area contributed by atoms with Crippen molar-refractivity contribution in [3.05, 3.63) is 164 Å². The fourth-order valence-electron chi connectivity index (χ4n) is 8.54. The number of hydrogen-bond acceptors (Lipinski definition) is 7. The minimum absolute atomic E-state index is 0.495. The van der Waals surface area contributed by atoms with Gasteiger partial charge in [0.05, 0.1) is 5.56 Å². The largest absolute Gasteiger partial charge is 0.456 e. The molecule has 58 heavy (non-hydrogen) atoms. The Morgan fingerprint density at radius 3 is 1.12 bits per heavy atom. The number of para-hydroxylation sites is 4. The molecule has 0 fully saturated rings. The molecular formula is C51H27N3O4. The first kappa shape index (κ1) is 31.2. The van der Waals surface area contributed by atoms with Crippen LogP contribution in [0, 0.1) is 0 Å². The molecule has 0 radical (unpaired) electrons. The Hall–Kier alpha value is -8.03. The molecule has 13 aromatic rings. The van der Waals surface area contributed by atoms with Crippen molar-refractivity contribution in [2.24, 2.45) is 0 Å². The van der Waals surface area contributed by atoms with Crippen LogP contribution in [0.25, 0.3) is 133 Å². The zero-order chi connectivity index (χ0) is 37.9. The van der Waals surface area contributed by atoms with Crippen molar-refractivity contribution in [2.45, 2.75) is 0 Å². The van der Waals surface area contributed by atoms with E-state index in [1.807, 2.05) is 91.0 Å². The predicted octanol–water partition coefficient (Wildman–Crippen LogP) is 14.1. The highest BCUT2D eigenvalue weighted by Gasteiger charge is 2.20. The van der Waals surface area contributed by atoms with Crippen molar-refractivity contribution >= 4 is 87.8 Å². The van der Waals surface area contributed by atoms with E-state index < -0.39 is 0 Å². The van der Waals surface area contributed by atoms with Crippen LogP contribution in [0.1, 0.15) is 0 Å². The SMILES string of the molecule is c1ccc2c(c1)oc1cc(-c3ccc4c(c3)oc3c(-c5nc(-c6ccc7c(c6)oc6ccccc67)nc(-c6ccc7c(c6)oc6ccccc67)n5)cccc34)ccc12. The maximum atomic E-state index is 6.76. The van der Waals surface area contributed by atoms with Gasteiger partial charge in [0, 0.05) is 54.2 Å². The Morgan fingerprint density at radius 1 is 0.259 bits per heavy atom. The molecule has 0 spiro atoms. The number of benzene rings is 8. The molecule has 0 unspecified atom stereocenters. The monoisotopic (exact) mass is 745 g/mol. The minimum Gasteiger partial charge on any atom is -0.456 e. The molecule has 5 aromatic heterocycles. The Kier molecular flexibility index (Phi) is 6.32. The van der Waals surface area contributed by atoms with Crippen molar-refractivity contribution in [2.75, 3.05) is 0 Å². The van der Waals surface area contributed by atoms with Gasteiger partial charge < -0.3 is 17.7 Å². The van der Waals surface area contributed by atoms with Gasteiger partial charge in [-0.2, -0.15) is 0 Å². The number of rotatable bonds is 4. The number of furan rings is 4. The lowest BCUT2D eigenvalue weighted by Crippen LogP contribution is -2.00. The third kappa shape index (κ3) is 4.64. The molecule has 13 rings (SSSR count). The van der Waals surface area contributed by atoms with Gasteiger partial charge >= 0.3 is 0 Å². The zero-order valence-corrected chi connectivity index (χ0v) is 30.6. The van der Waals surface area contributed by atoms with Gasteiger partial charge in [0.25, 0.3) is 0 Å². The Labute approximate surface area is 328 Å².